The lowest BCUT2D eigenvalue weighted by molar-refractivity contribution is -0.393. The molecule has 0 aliphatic heterocycles. The standard InChI is InChI=1S/C24H21N5O6/c1-14-9-15(2)24(16(3)10-14)27(35-17(4)30)22-11-20(21(28(31)32)12-23(22)29(33)34)26-19-7-5-18(13-25)6-8-19/h5-12,26H,1-4H3. The zero-order valence-electron chi connectivity index (χ0n) is 19.4. The molecule has 11 nitrogen and oxygen atoms in total. The van der Waals surface area contributed by atoms with Gasteiger partial charge in [0.1, 0.15) is 5.69 Å². The van der Waals surface area contributed by atoms with E-state index in [9.17, 15) is 25.0 Å². The van der Waals surface area contributed by atoms with Gasteiger partial charge >= 0.3 is 11.7 Å². The van der Waals surface area contributed by atoms with Gasteiger partial charge in [-0.3, -0.25) is 20.2 Å². The molecule has 0 unspecified atom stereocenters. The van der Waals surface area contributed by atoms with E-state index in [1.54, 1.807) is 26.0 Å². The van der Waals surface area contributed by atoms with Crippen LogP contribution in [-0.2, 0) is 9.63 Å². The Kier molecular flexibility index (Phi) is 6.96. The third-order valence-electron chi connectivity index (χ3n) is 5.06. The van der Waals surface area contributed by atoms with Crippen molar-refractivity contribution in [3.63, 3.8) is 0 Å². The predicted octanol–water partition coefficient (Wildman–Crippen LogP) is 5.66. The zero-order chi connectivity index (χ0) is 25.9. The van der Waals surface area contributed by atoms with Crippen molar-refractivity contribution in [1.29, 1.82) is 5.26 Å². The number of nitro groups is 2. The average Bonchev–Trinajstić information content (AvgIpc) is 2.77. The lowest BCUT2D eigenvalue weighted by Gasteiger charge is -2.26. The fraction of sp³-hybridized carbons (Fsp3) is 0.167. The summed E-state index contributed by atoms with van der Waals surface area (Å²) in [6, 6.07) is 13.8. The molecule has 3 rings (SSSR count). The number of nitrogens with zero attached hydrogens (tertiary/aromatic N) is 4. The van der Waals surface area contributed by atoms with Gasteiger partial charge in [-0.25, -0.2) is 4.79 Å². The molecule has 0 saturated carbocycles. The van der Waals surface area contributed by atoms with Gasteiger partial charge in [-0.2, -0.15) is 10.3 Å². The number of benzene rings is 3. The Morgan fingerprint density at radius 3 is 2.03 bits per heavy atom. The van der Waals surface area contributed by atoms with Crippen molar-refractivity contribution in [2.45, 2.75) is 27.7 Å². The zero-order valence-corrected chi connectivity index (χ0v) is 19.4. The molecule has 35 heavy (non-hydrogen) atoms. The second kappa shape index (κ2) is 9.88. The molecule has 0 bridgehead atoms. The van der Waals surface area contributed by atoms with Crippen LogP contribution in [-0.4, -0.2) is 15.8 Å². The van der Waals surface area contributed by atoms with Crippen molar-refractivity contribution < 1.29 is 19.5 Å². The van der Waals surface area contributed by atoms with Gasteiger partial charge in [0.2, 0.25) is 0 Å². The van der Waals surface area contributed by atoms with E-state index in [1.165, 1.54) is 18.2 Å². The molecule has 0 aliphatic carbocycles. The maximum Gasteiger partial charge on any atom is 0.329 e. The van der Waals surface area contributed by atoms with Crippen molar-refractivity contribution in [2.75, 3.05) is 10.4 Å². The number of carbonyl (C=O) groups is 1. The fourth-order valence-corrected chi connectivity index (χ4v) is 3.75. The first-order valence-corrected chi connectivity index (χ1v) is 10.3. The number of rotatable bonds is 7. The van der Waals surface area contributed by atoms with Gasteiger partial charge in [0.25, 0.3) is 5.69 Å². The summed E-state index contributed by atoms with van der Waals surface area (Å²) in [5.41, 5.74) is 2.07. The number of nitro benzene ring substituents is 2. The fourth-order valence-electron chi connectivity index (χ4n) is 3.75. The quantitative estimate of drug-likeness (QED) is 0.337. The van der Waals surface area contributed by atoms with Gasteiger partial charge < -0.3 is 10.2 Å². The number of nitriles is 1. The first-order chi connectivity index (χ1) is 16.5. The summed E-state index contributed by atoms with van der Waals surface area (Å²) in [6.45, 7) is 6.56. The second-order valence-electron chi connectivity index (χ2n) is 7.81. The molecule has 1 N–H and O–H groups in total. The molecule has 0 saturated heterocycles. The van der Waals surface area contributed by atoms with Crippen molar-refractivity contribution >= 4 is 40.1 Å². The maximum absolute atomic E-state index is 12.0. The minimum absolute atomic E-state index is 0.0696. The van der Waals surface area contributed by atoms with E-state index in [4.69, 9.17) is 10.1 Å². The minimum atomic E-state index is -0.775. The number of carbonyl (C=O) groups excluding carboxylic acids is 1. The molecular weight excluding hydrogens is 454 g/mol. The molecule has 0 amide bonds. The summed E-state index contributed by atoms with van der Waals surface area (Å²) in [4.78, 5) is 39.6. The highest BCUT2D eigenvalue weighted by Gasteiger charge is 2.31. The number of hydrogen-bond acceptors (Lipinski definition) is 9. The molecule has 0 aliphatic rings. The first-order valence-electron chi connectivity index (χ1n) is 10.3. The average molecular weight is 475 g/mol. The highest BCUT2D eigenvalue weighted by atomic mass is 16.7. The number of aryl methyl sites for hydroxylation is 3. The van der Waals surface area contributed by atoms with Gasteiger partial charge in [-0.05, 0) is 56.2 Å². The van der Waals surface area contributed by atoms with Gasteiger partial charge in [-0.1, -0.05) is 17.7 Å². The Morgan fingerprint density at radius 1 is 0.971 bits per heavy atom. The summed E-state index contributed by atoms with van der Waals surface area (Å²) >= 11 is 0. The lowest BCUT2D eigenvalue weighted by atomic mass is 10.0. The number of hydrogen-bond donors (Lipinski definition) is 1. The van der Waals surface area contributed by atoms with Crippen LogP contribution < -0.4 is 10.4 Å². The van der Waals surface area contributed by atoms with E-state index in [1.807, 2.05) is 25.1 Å². The molecule has 0 aromatic heterocycles. The topological polar surface area (TPSA) is 152 Å². The van der Waals surface area contributed by atoms with Crippen LogP contribution >= 0.6 is 0 Å². The van der Waals surface area contributed by atoms with Gasteiger partial charge in [0.05, 0.1) is 33.2 Å². The molecule has 3 aromatic rings. The Labute approximate surface area is 200 Å². The smallest absolute Gasteiger partial charge is 0.329 e. The molecule has 0 spiro atoms. The first kappa shape index (κ1) is 24.7. The summed E-state index contributed by atoms with van der Waals surface area (Å²) < 4.78 is 0. The van der Waals surface area contributed by atoms with Crippen LogP contribution in [0, 0.1) is 52.3 Å². The molecule has 0 atom stereocenters. The molecule has 0 radical (unpaired) electrons. The number of anilines is 4. The summed E-state index contributed by atoms with van der Waals surface area (Å²) in [5.74, 6) is -0.737. The normalized spacial score (nSPS) is 10.3. The monoisotopic (exact) mass is 475 g/mol. The molecule has 3 aromatic carbocycles. The summed E-state index contributed by atoms with van der Waals surface area (Å²) in [7, 11) is 0. The van der Waals surface area contributed by atoms with Gasteiger partial charge in [-0.15, -0.1) is 0 Å². The Bertz CT molecular complexity index is 1360. The Balaban J connectivity index is 2.28. The largest absolute Gasteiger partial charge is 0.350 e. The van der Waals surface area contributed by atoms with Gasteiger partial charge in [0, 0.05) is 18.7 Å². The molecule has 11 heteroatoms. The third-order valence-corrected chi connectivity index (χ3v) is 5.06. The van der Waals surface area contributed by atoms with Crippen LogP contribution in [0.3, 0.4) is 0 Å². The summed E-state index contributed by atoms with van der Waals surface area (Å²) in [6.07, 6.45) is 0. The highest BCUT2D eigenvalue weighted by Crippen LogP contribution is 2.43. The minimum Gasteiger partial charge on any atom is -0.350 e. The van der Waals surface area contributed by atoms with Crippen molar-refractivity contribution in [3.8, 4) is 6.07 Å². The van der Waals surface area contributed by atoms with Crippen LogP contribution in [0.15, 0.2) is 48.5 Å². The van der Waals surface area contributed by atoms with Crippen LogP contribution in [0.25, 0.3) is 0 Å². The molecule has 178 valence electrons. The third kappa shape index (κ3) is 5.33. The Morgan fingerprint density at radius 2 is 1.54 bits per heavy atom. The van der Waals surface area contributed by atoms with E-state index in [0.717, 1.165) is 23.6 Å². The molecule has 0 fully saturated rings. The van der Waals surface area contributed by atoms with Crippen LogP contribution in [0.5, 0.6) is 0 Å². The van der Waals surface area contributed by atoms with E-state index in [0.29, 0.717) is 28.1 Å². The van der Waals surface area contributed by atoms with Gasteiger partial charge in [0.15, 0.2) is 5.69 Å². The summed E-state index contributed by atoms with van der Waals surface area (Å²) in [5, 5.41) is 36.6. The van der Waals surface area contributed by atoms with E-state index >= 15 is 0 Å². The maximum atomic E-state index is 12.0. The van der Waals surface area contributed by atoms with Crippen molar-refractivity contribution in [1.82, 2.24) is 0 Å². The van der Waals surface area contributed by atoms with E-state index < -0.39 is 27.2 Å². The SMILES string of the molecule is CC(=O)ON(c1cc(Nc2ccc(C#N)cc2)c([N+](=O)[O-])cc1[N+](=O)[O-])c1c(C)cc(C)cc1C. The highest BCUT2D eigenvalue weighted by molar-refractivity contribution is 5.85. The predicted molar refractivity (Wildman–Crippen MR) is 129 cm³/mol. The van der Waals surface area contributed by atoms with E-state index in [2.05, 4.69) is 5.32 Å². The van der Waals surface area contributed by atoms with Crippen LogP contribution in [0.2, 0.25) is 0 Å². The van der Waals surface area contributed by atoms with Crippen molar-refractivity contribution in [3.05, 3.63) is 91.0 Å². The van der Waals surface area contributed by atoms with Crippen LogP contribution in [0.1, 0.15) is 29.2 Å². The van der Waals surface area contributed by atoms with Crippen LogP contribution in [0.4, 0.5) is 34.1 Å². The van der Waals surface area contributed by atoms with Crippen molar-refractivity contribution in [2.24, 2.45) is 0 Å². The molecule has 0 heterocycles. The number of nitrogens with one attached hydrogen (secondary N) is 1. The Hall–Kier alpha value is -4.98. The molecular formula is C24H21N5O6. The second-order valence-corrected chi connectivity index (χ2v) is 7.81. The lowest BCUT2D eigenvalue weighted by Crippen LogP contribution is -2.23. The van der Waals surface area contributed by atoms with E-state index in [-0.39, 0.29) is 11.4 Å².